The molecule has 0 N–H and O–H groups in total. The summed E-state index contributed by atoms with van der Waals surface area (Å²) in [7, 11) is 0. The average Bonchev–Trinajstić information content (AvgIpc) is 2.69. The maximum Gasteiger partial charge on any atom is 0.145 e. The van der Waals surface area contributed by atoms with E-state index >= 15 is 0 Å². The Balaban J connectivity index is -0.000000371. The average molecular weight is 369 g/mol. The molecule has 0 bridgehead atoms. The second-order valence-electron chi connectivity index (χ2n) is 7.10. The van der Waals surface area contributed by atoms with Crippen molar-refractivity contribution in [3.8, 4) is 0 Å². The van der Waals surface area contributed by atoms with Gasteiger partial charge in [0.25, 0.3) is 0 Å². The van der Waals surface area contributed by atoms with Gasteiger partial charge in [-0.3, -0.25) is 4.79 Å². The second-order valence-corrected chi connectivity index (χ2v) is 7.10. The molecule has 0 rings (SSSR count). The van der Waals surface area contributed by atoms with Crippen LogP contribution in [0.4, 0.5) is 0 Å². The number of allylic oxidation sites excluding steroid dienone is 2. The van der Waals surface area contributed by atoms with Gasteiger partial charge in [0.15, 0.2) is 0 Å². The Bertz CT molecular complexity index is 320. The zero-order chi connectivity index (χ0) is 20.8. The summed E-state index contributed by atoms with van der Waals surface area (Å²) in [6.07, 6.45) is 15.2. The molecule has 2 heteroatoms. The van der Waals surface area contributed by atoms with E-state index < -0.39 is 0 Å². The van der Waals surface area contributed by atoms with Gasteiger partial charge in [-0.1, -0.05) is 93.1 Å². The van der Waals surface area contributed by atoms with Crippen molar-refractivity contribution in [2.75, 3.05) is 0 Å². The molecular weight excluding hydrogens is 320 g/mol. The molecule has 0 heterocycles. The summed E-state index contributed by atoms with van der Waals surface area (Å²) < 4.78 is 0. The Hall–Kier alpha value is -0.920. The van der Waals surface area contributed by atoms with Crippen LogP contribution in [0.3, 0.4) is 0 Å². The van der Waals surface area contributed by atoms with Crippen LogP contribution in [-0.2, 0) is 9.59 Å². The zero-order valence-corrected chi connectivity index (χ0v) is 19.1. The molecule has 0 fully saturated rings. The van der Waals surface area contributed by atoms with E-state index in [1.807, 2.05) is 27.7 Å². The van der Waals surface area contributed by atoms with Crippen molar-refractivity contribution < 1.29 is 9.59 Å². The topological polar surface area (TPSA) is 34.1 Å². The van der Waals surface area contributed by atoms with Crippen LogP contribution in [0.25, 0.3) is 0 Å². The molecule has 26 heavy (non-hydrogen) atoms. The first-order valence-corrected chi connectivity index (χ1v) is 11.1. The van der Waals surface area contributed by atoms with Crippen molar-refractivity contribution in [1.29, 1.82) is 0 Å². The van der Waals surface area contributed by atoms with Crippen molar-refractivity contribution in [2.45, 2.75) is 113 Å². The largest absolute Gasteiger partial charge is 0.303 e. The lowest BCUT2D eigenvalue weighted by atomic mass is 9.90. The summed E-state index contributed by atoms with van der Waals surface area (Å²) in [6.45, 7) is 16.7. The smallest absolute Gasteiger partial charge is 0.145 e. The fourth-order valence-corrected chi connectivity index (χ4v) is 2.85. The molecule has 0 aromatic carbocycles. The van der Waals surface area contributed by atoms with Crippen LogP contribution in [0.15, 0.2) is 11.6 Å². The maximum atomic E-state index is 10.4. The number of carbonyl (C=O) groups excluding carboxylic acids is 2. The summed E-state index contributed by atoms with van der Waals surface area (Å²) >= 11 is 0. The van der Waals surface area contributed by atoms with Crippen molar-refractivity contribution in [1.82, 2.24) is 0 Å². The molecule has 3 atom stereocenters. The molecule has 0 saturated carbocycles. The first kappa shape index (κ1) is 29.8. The Labute approximate surface area is 165 Å². The highest BCUT2D eigenvalue weighted by Gasteiger charge is 2.09. The van der Waals surface area contributed by atoms with Crippen molar-refractivity contribution in [3.63, 3.8) is 0 Å². The van der Waals surface area contributed by atoms with Crippen molar-refractivity contribution in [2.24, 2.45) is 17.8 Å². The Kier molecular flexibility index (Phi) is 27.6. The highest BCUT2D eigenvalue weighted by molar-refractivity contribution is 5.72. The molecule has 0 aliphatic carbocycles. The zero-order valence-electron chi connectivity index (χ0n) is 19.1. The number of hydrogen-bond donors (Lipinski definition) is 0. The third kappa shape index (κ3) is 21.1. The Morgan fingerprint density at radius 1 is 0.885 bits per heavy atom. The predicted octanol–water partition coefficient (Wildman–Crippen LogP) is 7.80. The second kappa shape index (κ2) is 24.1. The molecule has 0 spiro atoms. The molecule has 0 aromatic heterocycles. The third-order valence-electron chi connectivity index (χ3n) is 4.62. The Morgan fingerprint density at radius 3 is 1.81 bits per heavy atom. The van der Waals surface area contributed by atoms with Crippen LogP contribution < -0.4 is 0 Å². The van der Waals surface area contributed by atoms with Crippen LogP contribution in [0.5, 0.6) is 0 Å². The number of carbonyl (C=O) groups is 2. The van der Waals surface area contributed by atoms with E-state index in [1.165, 1.54) is 44.9 Å². The lowest BCUT2D eigenvalue weighted by molar-refractivity contribution is -0.111. The SMILES string of the molecule is CC.CCCCC(/C=C(\C)C=O)CC.CCCCC(CC)CC(C)C=O. The van der Waals surface area contributed by atoms with E-state index in [2.05, 4.69) is 33.8 Å². The van der Waals surface area contributed by atoms with Gasteiger partial charge < -0.3 is 4.79 Å². The standard InChI is InChI=1S/C11H22O.C11H20O.C2H6/c2*1-4-6-7-11(5-2)8-10(3)9-12;1-2/h9-11H,4-8H2,1-3H3;8-9,11H,4-7H2,1-3H3;1-2H3/b;10-8+;. The molecule has 3 unspecified atom stereocenters. The van der Waals surface area contributed by atoms with E-state index in [1.54, 1.807) is 0 Å². The number of rotatable bonds is 13. The van der Waals surface area contributed by atoms with Crippen LogP contribution in [0.2, 0.25) is 0 Å². The van der Waals surface area contributed by atoms with Crippen molar-refractivity contribution >= 4 is 12.6 Å². The van der Waals surface area contributed by atoms with E-state index in [9.17, 15) is 9.59 Å². The molecule has 0 aliphatic heterocycles. The van der Waals surface area contributed by atoms with Crippen LogP contribution in [0.1, 0.15) is 113 Å². The van der Waals surface area contributed by atoms with E-state index in [0.29, 0.717) is 5.92 Å². The summed E-state index contributed by atoms with van der Waals surface area (Å²) in [6, 6.07) is 0. The summed E-state index contributed by atoms with van der Waals surface area (Å²) in [5.41, 5.74) is 0.873. The van der Waals surface area contributed by atoms with Gasteiger partial charge in [0.1, 0.15) is 12.6 Å². The number of aldehydes is 2. The lowest BCUT2D eigenvalue weighted by Crippen LogP contribution is -2.06. The van der Waals surface area contributed by atoms with Gasteiger partial charge in [0.2, 0.25) is 0 Å². The van der Waals surface area contributed by atoms with Gasteiger partial charge in [-0.15, -0.1) is 0 Å². The molecule has 0 radical (unpaired) electrons. The number of hydrogen-bond acceptors (Lipinski definition) is 2. The van der Waals surface area contributed by atoms with Gasteiger partial charge in [-0.25, -0.2) is 0 Å². The minimum Gasteiger partial charge on any atom is -0.303 e. The highest BCUT2D eigenvalue weighted by Crippen LogP contribution is 2.20. The molecule has 156 valence electrons. The first-order valence-electron chi connectivity index (χ1n) is 11.1. The normalized spacial score (nSPS) is 14.1. The molecule has 2 nitrogen and oxygen atoms in total. The predicted molar refractivity (Wildman–Crippen MR) is 118 cm³/mol. The Morgan fingerprint density at radius 2 is 1.42 bits per heavy atom. The van der Waals surface area contributed by atoms with Gasteiger partial charge >= 0.3 is 0 Å². The summed E-state index contributed by atoms with van der Waals surface area (Å²) in [4.78, 5) is 20.8. The maximum absolute atomic E-state index is 10.4. The lowest BCUT2D eigenvalue weighted by Gasteiger charge is -2.15. The fraction of sp³-hybridized carbons (Fsp3) is 0.833. The minimum atomic E-state index is 0.256. The van der Waals surface area contributed by atoms with E-state index in [0.717, 1.165) is 36.9 Å². The summed E-state index contributed by atoms with van der Waals surface area (Å²) in [5, 5.41) is 0. The van der Waals surface area contributed by atoms with Gasteiger partial charge in [0, 0.05) is 5.92 Å². The van der Waals surface area contributed by atoms with Crippen LogP contribution in [-0.4, -0.2) is 12.6 Å². The number of unbranched alkanes of at least 4 members (excludes halogenated alkanes) is 2. The molecule has 0 amide bonds. The van der Waals surface area contributed by atoms with Crippen LogP contribution in [0, 0.1) is 17.8 Å². The molecular formula is C24H48O2. The van der Waals surface area contributed by atoms with Gasteiger partial charge in [-0.05, 0) is 43.6 Å². The monoisotopic (exact) mass is 368 g/mol. The minimum absolute atomic E-state index is 0.256. The third-order valence-corrected chi connectivity index (χ3v) is 4.62. The summed E-state index contributed by atoms with van der Waals surface area (Å²) in [5.74, 6) is 1.63. The molecule has 0 aromatic rings. The fourth-order valence-electron chi connectivity index (χ4n) is 2.85. The van der Waals surface area contributed by atoms with Crippen LogP contribution >= 0.6 is 0 Å². The van der Waals surface area contributed by atoms with Crippen molar-refractivity contribution in [3.05, 3.63) is 11.6 Å². The molecule has 0 saturated heterocycles. The van der Waals surface area contributed by atoms with E-state index in [-0.39, 0.29) is 5.92 Å². The highest BCUT2D eigenvalue weighted by atomic mass is 16.1. The first-order chi connectivity index (χ1) is 12.5. The van der Waals surface area contributed by atoms with E-state index in [4.69, 9.17) is 0 Å². The van der Waals surface area contributed by atoms with Gasteiger partial charge in [0.05, 0.1) is 0 Å². The van der Waals surface area contributed by atoms with Gasteiger partial charge in [-0.2, -0.15) is 0 Å². The molecule has 0 aliphatic rings. The quantitative estimate of drug-likeness (QED) is 0.245.